The Labute approximate surface area is 244 Å². The van der Waals surface area contributed by atoms with E-state index in [1.165, 1.54) is 6.07 Å². The maximum atomic E-state index is 14.4. The van der Waals surface area contributed by atoms with E-state index in [9.17, 15) is 13.5 Å². The highest BCUT2D eigenvalue weighted by atomic mass is 32.2. The first-order valence-corrected chi connectivity index (χ1v) is 15.6. The number of aliphatic hydroxyl groups is 1. The quantitative estimate of drug-likeness (QED) is 0.264. The summed E-state index contributed by atoms with van der Waals surface area (Å²) in [5, 5.41) is 11.4. The van der Waals surface area contributed by atoms with Gasteiger partial charge in [-0.25, -0.2) is 3.89 Å². The topological polar surface area (TPSA) is 108 Å². The maximum Gasteiger partial charge on any atom is 0.327 e. The molecule has 3 aromatic carbocycles. The molecule has 3 aromatic rings. The van der Waals surface area contributed by atoms with Crippen molar-refractivity contribution in [3.05, 3.63) is 83.9 Å². The summed E-state index contributed by atoms with van der Waals surface area (Å²) in [7, 11) is -3.94. The molecule has 1 aliphatic heterocycles. The molecular formula is C32H43N2O6S+. The summed E-state index contributed by atoms with van der Waals surface area (Å²) < 4.78 is 45.1. The zero-order chi connectivity index (χ0) is 29.6. The molecule has 0 aliphatic carbocycles. The monoisotopic (exact) mass is 583 g/mol. The summed E-state index contributed by atoms with van der Waals surface area (Å²) >= 11 is 0. The van der Waals surface area contributed by atoms with Crippen LogP contribution in [-0.2, 0) is 23.1 Å². The van der Waals surface area contributed by atoms with Crippen LogP contribution in [0.2, 0.25) is 0 Å². The molecule has 0 unspecified atom stereocenters. The molecule has 41 heavy (non-hydrogen) atoms. The van der Waals surface area contributed by atoms with Crippen LogP contribution in [-0.4, -0.2) is 56.0 Å². The van der Waals surface area contributed by atoms with Crippen molar-refractivity contribution >= 4 is 10.0 Å². The lowest BCUT2D eigenvalue weighted by Crippen LogP contribution is -2.61. The Bertz CT molecular complexity index is 1370. The smallest absolute Gasteiger partial charge is 0.327 e. The minimum atomic E-state index is -3.94. The van der Waals surface area contributed by atoms with Crippen molar-refractivity contribution in [3.63, 3.8) is 0 Å². The Morgan fingerprint density at radius 1 is 0.854 bits per heavy atom. The molecule has 1 aliphatic rings. The highest BCUT2D eigenvalue weighted by molar-refractivity contribution is 7.86. The van der Waals surface area contributed by atoms with E-state index < -0.39 is 22.2 Å². The van der Waals surface area contributed by atoms with E-state index in [1.54, 1.807) is 12.1 Å². The van der Waals surface area contributed by atoms with Crippen LogP contribution in [0.15, 0.2) is 77.7 Å². The zero-order valence-electron chi connectivity index (χ0n) is 24.4. The highest BCUT2D eigenvalue weighted by Crippen LogP contribution is 2.37. The first-order valence-electron chi connectivity index (χ1n) is 14.2. The molecule has 222 valence electrons. The van der Waals surface area contributed by atoms with Gasteiger partial charge >= 0.3 is 10.0 Å². The van der Waals surface area contributed by atoms with E-state index in [0.29, 0.717) is 37.6 Å². The Balaban J connectivity index is 1.51. The second kappa shape index (κ2) is 13.2. The number of ether oxygens (including phenoxy) is 3. The Kier molecular flexibility index (Phi) is 9.96. The van der Waals surface area contributed by atoms with Crippen molar-refractivity contribution in [3.8, 4) is 17.2 Å². The van der Waals surface area contributed by atoms with E-state index in [2.05, 4.69) is 0 Å². The number of nitrogens with two attached hydrogens (primary N) is 1. The summed E-state index contributed by atoms with van der Waals surface area (Å²) in [5.41, 5.74) is 8.55. The van der Waals surface area contributed by atoms with Crippen LogP contribution in [0.5, 0.6) is 17.2 Å². The SMILES string of the molecule is CC(C)C[N+](CC(C)C)(C[C@@H](O)[C@@H](N)Cc1ccc(OCc2ccccc2)cc1)S(=O)(=O)c1ccc2c(c1)OCO2. The molecule has 1 heterocycles. The van der Waals surface area contributed by atoms with Crippen LogP contribution in [0, 0.1) is 11.8 Å². The van der Waals surface area contributed by atoms with Crippen molar-refractivity contribution in [1.29, 1.82) is 0 Å². The van der Waals surface area contributed by atoms with Gasteiger partial charge in [-0.15, -0.1) is 0 Å². The lowest BCUT2D eigenvalue weighted by atomic mass is 10.0. The van der Waals surface area contributed by atoms with Gasteiger partial charge in [-0.05, 0) is 41.8 Å². The van der Waals surface area contributed by atoms with Gasteiger partial charge in [0.15, 0.2) is 11.5 Å². The van der Waals surface area contributed by atoms with Crippen LogP contribution >= 0.6 is 0 Å². The van der Waals surface area contributed by atoms with Gasteiger partial charge in [-0.1, -0.05) is 70.2 Å². The highest BCUT2D eigenvalue weighted by Gasteiger charge is 2.46. The molecule has 0 bridgehead atoms. The lowest BCUT2D eigenvalue weighted by Gasteiger charge is -2.41. The normalized spacial score (nSPS) is 14.8. The average molecular weight is 584 g/mol. The second-order valence-corrected chi connectivity index (χ2v) is 13.9. The summed E-state index contributed by atoms with van der Waals surface area (Å²) in [5.74, 6) is 1.79. The fourth-order valence-corrected chi connectivity index (χ4v) is 7.74. The summed E-state index contributed by atoms with van der Waals surface area (Å²) in [6, 6.07) is 21.6. The largest absolute Gasteiger partial charge is 0.489 e. The second-order valence-electron chi connectivity index (χ2n) is 11.7. The molecule has 3 N–H and O–H groups in total. The third-order valence-corrected chi connectivity index (χ3v) is 9.52. The number of rotatable bonds is 14. The fourth-order valence-electron chi connectivity index (χ4n) is 5.46. The fraction of sp³-hybridized carbons (Fsp3) is 0.438. The standard InChI is InChI=1S/C32H43N2O6S/c1-23(2)18-34(19-24(3)4,41(36,37)28-14-15-31-32(17-28)40-22-39-31)20-30(35)29(33)16-25-10-12-27(13-11-25)38-21-26-8-6-5-7-9-26/h5-15,17,23-24,29-30,35H,16,18-22,33H2,1-4H3/q+1/t29-,30+/m0/s1. The van der Waals surface area contributed by atoms with Gasteiger partial charge in [0.05, 0.1) is 13.1 Å². The molecule has 0 spiro atoms. The maximum absolute atomic E-state index is 14.4. The van der Waals surface area contributed by atoms with Crippen molar-refractivity contribution in [1.82, 2.24) is 0 Å². The van der Waals surface area contributed by atoms with Gasteiger partial charge in [-0.2, -0.15) is 8.42 Å². The molecule has 0 amide bonds. The minimum Gasteiger partial charge on any atom is -0.489 e. The molecule has 0 saturated heterocycles. The van der Waals surface area contributed by atoms with Crippen LogP contribution in [0.4, 0.5) is 0 Å². The average Bonchev–Trinajstić information content (AvgIpc) is 3.40. The number of benzene rings is 3. The number of hydrogen-bond donors (Lipinski definition) is 2. The molecule has 0 fully saturated rings. The molecule has 0 saturated carbocycles. The number of sulfonamides is 1. The summed E-state index contributed by atoms with van der Waals surface area (Å²) in [4.78, 5) is 0.148. The minimum absolute atomic E-state index is 0.0213. The van der Waals surface area contributed by atoms with Gasteiger partial charge in [0.1, 0.15) is 29.9 Å². The number of hydrogen-bond acceptors (Lipinski definition) is 7. The van der Waals surface area contributed by atoms with Crippen LogP contribution in [0.1, 0.15) is 38.8 Å². The number of fused-ring (bicyclic) bond motifs is 1. The molecule has 0 radical (unpaired) electrons. The number of aliphatic hydroxyl groups excluding tert-OH is 1. The Morgan fingerprint density at radius 2 is 1.49 bits per heavy atom. The van der Waals surface area contributed by atoms with E-state index in [0.717, 1.165) is 16.9 Å². The third kappa shape index (κ3) is 7.60. The van der Waals surface area contributed by atoms with Crippen molar-refractivity contribution in [2.75, 3.05) is 26.4 Å². The van der Waals surface area contributed by atoms with E-state index in [-0.39, 0.29) is 34.0 Å². The Morgan fingerprint density at radius 3 is 2.12 bits per heavy atom. The predicted octanol–water partition coefficient (Wildman–Crippen LogP) is 4.74. The molecule has 8 nitrogen and oxygen atoms in total. The molecule has 9 heteroatoms. The number of nitrogens with zero attached hydrogens (tertiary/aromatic N) is 1. The van der Waals surface area contributed by atoms with Gasteiger partial charge in [0, 0.05) is 23.9 Å². The predicted molar refractivity (Wildman–Crippen MR) is 159 cm³/mol. The van der Waals surface area contributed by atoms with Crippen LogP contribution in [0.25, 0.3) is 0 Å². The van der Waals surface area contributed by atoms with E-state index in [4.69, 9.17) is 19.9 Å². The van der Waals surface area contributed by atoms with Gasteiger partial charge in [-0.3, -0.25) is 0 Å². The van der Waals surface area contributed by atoms with Crippen molar-refractivity contribution < 1.29 is 31.6 Å². The molecule has 0 aromatic heterocycles. The van der Waals surface area contributed by atoms with Gasteiger partial charge in [0.2, 0.25) is 6.79 Å². The van der Waals surface area contributed by atoms with Crippen molar-refractivity contribution in [2.45, 2.75) is 57.8 Å². The van der Waals surface area contributed by atoms with Gasteiger partial charge in [0.25, 0.3) is 0 Å². The lowest BCUT2D eigenvalue weighted by molar-refractivity contribution is -0.817. The van der Waals surface area contributed by atoms with Crippen LogP contribution in [0.3, 0.4) is 0 Å². The van der Waals surface area contributed by atoms with Crippen LogP contribution < -0.4 is 19.9 Å². The van der Waals surface area contributed by atoms with Gasteiger partial charge < -0.3 is 25.1 Å². The number of quaternary nitrogens is 1. The van der Waals surface area contributed by atoms with E-state index in [1.807, 2.05) is 82.3 Å². The third-order valence-electron chi connectivity index (χ3n) is 7.20. The Hall–Kier alpha value is -3.11. The summed E-state index contributed by atoms with van der Waals surface area (Å²) in [6.07, 6.45) is -0.654. The molecular weight excluding hydrogens is 540 g/mol. The summed E-state index contributed by atoms with van der Waals surface area (Å²) in [6.45, 7) is 9.18. The van der Waals surface area contributed by atoms with E-state index >= 15 is 0 Å². The zero-order valence-corrected chi connectivity index (χ0v) is 25.2. The molecule has 4 rings (SSSR count). The first kappa shape index (κ1) is 30.8. The molecule has 2 atom stereocenters. The first-order chi connectivity index (χ1) is 19.5. The van der Waals surface area contributed by atoms with Crippen molar-refractivity contribution in [2.24, 2.45) is 17.6 Å².